The molecule has 0 amide bonds. The van der Waals surface area contributed by atoms with Gasteiger partial charge in [0.05, 0.1) is 0 Å². The van der Waals surface area contributed by atoms with E-state index in [-0.39, 0.29) is 12.0 Å². The van der Waals surface area contributed by atoms with Crippen LogP contribution in [0.25, 0.3) is 0 Å². The molecule has 0 heterocycles. The first-order chi connectivity index (χ1) is 5.02. The van der Waals surface area contributed by atoms with Crippen LogP contribution in [0.3, 0.4) is 0 Å². The molecule has 0 spiro atoms. The normalized spacial score (nSPS) is 14.9. The average molecular weight is 157 g/mol. The van der Waals surface area contributed by atoms with Gasteiger partial charge in [-0.25, -0.2) is 0 Å². The maximum Gasteiger partial charge on any atom is 0.103 e. The van der Waals surface area contributed by atoms with E-state index in [0.717, 1.165) is 12.9 Å². The monoisotopic (exact) mass is 157 g/mol. The van der Waals surface area contributed by atoms with Gasteiger partial charge in [-0.15, -0.1) is 0 Å². The number of rotatable bonds is 5. The first-order valence-electron chi connectivity index (χ1n) is 4.36. The van der Waals surface area contributed by atoms with Crippen LogP contribution >= 0.6 is 0 Å². The summed E-state index contributed by atoms with van der Waals surface area (Å²) in [6, 6.07) is 0.556. The van der Waals surface area contributed by atoms with Gasteiger partial charge in [0, 0.05) is 18.6 Å². The molecule has 3 heteroatoms. The third-order valence-corrected chi connectivity index (χ3v) is 1.97. The first kappa shape index (κ1) is 11.0. The Morgan fingerprint density at radius 1 is 1.55 bits per heavy atom. The van der Waals surface area contributed by atoms with Gasteiger partial charge in [-0.2, -0.15) is 0 Å². The van der Waals surface area contributed by atoms with Crippen LogP contribution in [0.5, 0.6) is 0 Å². The Morgan fingerprint density at radius 3 is 2.45 bits per heavy atom. The van der Waals surface area contributed by atoms with Crippen molar-refractivity contribution in [1.82, 2.24) is 5.32 Å². The van der Waals surface area contributed by atoms with Gasteiger partial charge < -0.3 is 10.4 Å². The van der Waals surface area contributed by atoms with E-state index in [0.29, 0.717) is 6.04 Å². The van der Waals surface area contributed by atoms with Gasteiger partial charge in [0.1, 0.15) is 7.85 Å². The number of aliphatic hydroxyl groups is 1. The lowest BCUT2D eigenvalue weighted by Crippen LogP contribution is -2.37. The van der Waals surface area contributed by atoms with Gasteiger partial charge >= 0.3 is 0 Å². The van der Waals surface area contributed by atoms with E-state index in [1.807, 2.05) is 0 Å². The van der Waals surface area contributed by atoms with Crippen molar-refractivity contribution in [2.24, 2.45) is 5.41 Å². The molecule has 0 aliphatic carbocycles. The zero-order valence-corrected chi connectivity index (χ0v) is 8.15. The molecule has 0 aromatic heterocycles. The van der Waals surface area contributed by atoms with Gasteiger partial charge in [-0.3, -0.25) is 0 Å². The summed E-state index contributed by atoms with van der Waals surface area (Å²) in [5.74, 6) is 0. The van der Waals surface area contributed by atoms with Crippen LogP contribution in [0.2, 0.25) is 6.32 Å². The van der Waals surface area contributed by atoms with Crippen LogP contribution in [-0.2, 0) is 0 Å². The first-order valence-corrected chi connectivity index (χ1v) is 4.36. The van der Waals surface area contributed by atoms with Crippen LogP contribution in [0.4, 0.5) is 0 Å². The zero-order valence-electron chi connectivity index (χ0n) is 8.15. The van der Waals surface area contributed by atoms with Crippen LogP contribution in [-0.4, -0.2) is 32.1 Å². The van der Waals surface area contributed by atoms with Crippen molar-refractivity contribution < 1.29 is 5.11 Å². The number of hydrogen-bond donors (Lipinski definition) is 2. The highest BCUT2D eigenvalue weighted by Gasteiger charge is 2.16. The largest absolute Gasteiger partial charge is 0.396 e. The van der Waals surface area contributed by atoms with Gasteiger partial charge in [0.25, 0.3) is 0 Å². The molecule has 0 rings (SSSR count). The highest BCUT2D eigenvalue weighted by Crippen LogP contribution is 2.11. The summed E-state index contributed by atoms with van der Waals surface area (Å²) in [6.07, 6.45) is 1.14. The third kappa shape index (κ3) is 5.28. The molecule has 11 heavy (non-hydrogen) atoms. The van der Waals surface area contributed by atoms with E-state index >= 15 is 0 Å². The minimum absolute atomic E-state index is 0.0173. The molecule has 0 aliphatic heterocycles. The molecule has 66 valence electrons. The van der Waals surface area contributed by atoms with Gasteiger partial charge in [0.2, 0.25) is 0 Å². The summed E-state index contributed by atoms with van der Waals surface area (Å²) >= 11 is 0. The molecule has 0 aromatic rings. The van der Waals surface area contributed by atoms with E-state index in [9.17, 15) is 0 Å². The van der Waals surface area contributed by atoms with E-state index in [1.54, 1.807) is 0 Å². The maximum atomic E-state index is 8.94. The van der Waals surface area contributed by atoms with Gasteiger partial charge in [0.15, 0.2) is 0 Å². The topological polar surface area (TPSA) is 32.3 Å². The molecular formula is C8H20BNO. The summed E-state index contributed by atoms with van der Waals surface area (Å²) in [5.41, 5.74) is 0.0173. The van der Waals surface area contributed by atoms with Crippen molar-refractivity contribution in [3.63, 3.8) is 0 Å². The molecule has 0 saturated carbocycles. The number of hydrogen-bond acceptors (Lipinski definition) is 2. The Hall–Kier alpha value is -0.0151. The van der Waals surface area contributed by atoms with Crippen molar-refractivity contribution in [1.29, 1.82) is 0 Å². The minimum atomic E-state index is 0.0173. The Labute approximate surface area is 70.8 Å². The molecule has 0 radical (unpaired) electrons. The van der Waals surface area contributed by atoms with Crippen LogP contribution in [0.1, 0.15) is 20.8 Å². The predicted octanol–water partition coefficient (Wildman–Crippen LogP) is 0.0344. The molecule has 0 fully saturated rings. The zero-order chi connectivity index (χ0) is 8.91. The molecule has 0 aliphatic rings. The smallest absolute Gasteiger partial charge is 0.103 e. The fourth-order valence-electron chi connectivity index (χ4n) is 0.651. The van der Waals surface area contributed by atoms with Crippen molar-refractivity contribution >= 4 is 7.85 Å². The lowest BCUT2D eigenvalue weighted by molar-refractivity contribution is 0.154. The lowest BCUT2D eigenvalue weighted by Gasteiger charge is -2.24. The SMILES string of the molecule is BCC(C)NCC(C)(C)CO. The molecule has 1 unspecified atom stereocenters. The second kappa shape index (κ2) is 4.78. The fraction of sp³-hybridized carbons (Fsp3) is 1.00. The van der Waals surface area contributed by atoms with E-state index in [1.165, 1.54) is 0 Å². The quantitative estimate of drug-likeness (QED) is 0.552. The van der Waals surface area contributed by atoms with Crippen molar-refractivity contribution in [3.8, 4) is 0 Å². The average Bonchev–Trinajstić information content (AvgIpc) is 2.00. The molecule has 0 aromatic carbocycles. The molecule has 2 N–H and O–H groups in total. The van der Waals surface area contributed by atoms with E-state index in [4.69, 9.17) is 5.11 Å². The Kier molecular flexibility index (Phi) is 4.77. The Balaban J connectivity index is 3.52. The predicted molar refractivity (Wildman–Crippen MR) is 51.7 cm³/mol. The van der Waals surface area contributed by atoms with Crippen LogP contribution < -0.4 is 5.32 Å². The summed E-state index contributed by atoms with van der Waals surface area (Å²) < 4.78 is 0. The molecule has 2 nitrogen and oxygen atoms in total. The van der Waals surface area contributed by atoms with Crippen LogP contribution in [0, 0.1) is 5.41 Å². The Bertz CT molecular complexity index is 106. The van der Waals surface area contributed by atoms with E-state index in [2.05, 4.69) is 33.9 Å². The maximum absolute atomic E-state index is 8.94. The van der Waals surface area contributed by atoms with Crippen molar-refractivity contribution in [3.05, 3.63) is 0 Å². The number of nitrogens with one attached hydrogen (secondary N) is 1. The Morgan fingerprint density at radius 2 is 2.09 bits per heavy atom. The standard InChI is InChI=1S/C8H20BNO/c1-7(4-9)10-5-8(2,3)6-11/h7,10-11H,4-6,9H2,1-3H3. The summed E-state index contributed by atoms with van der Waals surface area (Å²) in [4.78, 5) is 0. The second-order valence-electron chi connectivity index (χ2n) is 4.01. The third-order valence-electron chi connectivity index (χ3n) is 1.97. The molecule has 0 saturated heterocycles. The summed E-state index contributed by atoms with van der Waals surface area (Å²) in [7, 11) is 2.16. The second-order valence-corrected chi connectivity index (χ2v) is 4.01. The number of aliphatic hydroxyl groups excluding tert-OH is 1. The minimum Gasteiger partial charge on any atom is -0.396 e. The van der Waals surface area contributed by atoms with E-state index < -0.39 is 0 Å². The highest BCUT2D eigenvalue weighted by atomic mass is 16.3. The van der Waals surface area contributed by atoms with Crippen molar-refractivity contribution in [2.45, 2.75) is 33.1 Å². The molecular weight excluding hydrogens is 137 g/mol. The molecule has 0 bridgehead atoms. The highest BCUT2D eigenvalue weighted by molar-refractivity contribution is 6.08. The summed E-state index contributed by atoms with van der Waals surface area (Å²) in [6.45, 7) is 7.41. The lowest BCUT2D eigenvalue weighted by atomic mass is 9.93. The summed E-state index contributed by atoms with van der Waals surface area (Å²) in [5, 5.41) is 12.3. The van der Waals surface area contributed by atoms with Gasteiger partial charge in [-0.05, 0) is 6.04 Å². The van der Waals surface area contributed by atoms with Gasteiger partial charge in [-0.1, -0.05) is 27.1 Å². The van der Waals surface area contributed by atoms with Crippen molar-refractivity contribution in [2.75, 3.05) is 13.2 Å². The van der Waals surface area contributed by atoms with Crippen LogP contribution in [0.15, 0.2) is 0 Å². The fourth-order valence-corrected chi connectivity index (χ4v) is 0.651. The molecule has 1 atom stereocenters.